The van der Waals surface area contributed by atoms with Gasteiger partial charge in [-0.05, 0) is 44.9 Å². The first-order chi connectivity index (χ1) is 36.5. The van der Waals surface area contributed by atoms with E-state index in [4.69, 9.17) is 9.05 Å². The van der Waals surface area contributed by atoms with E-state index in [0.717, 1.165) is 44.9 Å². The van der Waals surface area contributed by atoms with Crippen LogP contribution in [0.2, 0.25) is 0 Å². The number of phosphoric ester groups is 1. The van der Waals surface area contributed by atoms with Crippen molar-refractivity contribution in [2.45, 2.75) is 353 Å². The normalized spacial score (nSPS) is 13.9. The lowest BCUT2D eigenvalue weighted by Gasteiger charge is -2.30. The van der Waals surface area contributed by atoms with E-state index in [-0.39, 0.29) is 19.1 Å². The Bertz CT molecular complexity index is 1270. The number of aliphatic hydroxyl groups is 1. The number of rotatable bonds is 62. The summed E-state index contributed by atoms with van der Waals surface area (Å²) in [5.41, 5.74) is 0. The Morgan fingerprint density at radius 1 is 0.467 bits per heavy atom. The molecule has 1 amide bonds. The van der Waals surface area contributed by atoms with Crippen LogP contribution in [-0.4, -0.2) is 68.5 Å². The van der Waals surface area contributed by atoms with Gasteiger partial charge in [-0.25, -0.2) is 0 Å². The highest BCUT2D eigenvalue weighted by Crippen LogP contribution is 2.38. The van der Waals surface area contributed by atoms with Crippen LogP contribution in [0, 0.1) is 0 Å². The predicted octanol–water partition coefficient (Wildman–Crippen LogP) is 20.1. The molecule has 0 aliphatic rings. The molecule has 0 heterocycles. The maximum absolute atomic E-state index is 13.0. The Morgan fingerprint density at radius 2 is 0.773 bits per heavy atom. The highest BCUT2D eigenvalue weighted by Gasteiger charge is 2.24. The predicted molar refractivity (Wildman–Crippen MR) is 325 cm³/mol. The summed E-state index contributed by atoms with van der Waals surface area (Å²) in [7, 11) is 1.32. The molecule has 0 aromatic rings. The number of hydrogen-bond donors (Lipinski definition) is 2. The van der Waals surface area contributed by atoms with Crippen LogP contribution in [0.5, 0.6) is 0 Å². The Balaban J connectivity index is 3.87. The van der Waals surface area contributed by atoms with Gasteiger partial charge in [-0.3, -0.25) is 9.36 Å². The maximum Gasteiger partial charge on any atom is 0.268 e. The Kier molecular flexibility index (Phi) is 56.9. The molecule has 0 fully saturated rings. The molecule has 0 aromatic heterocycles. The molecule has 446 valence electrons. The SMILES string of the molecule is CCCCCCCCCCCCCCCCC/C=C\C/C=C\CCCCCCCCCCCCCCCCCCCC(=O)NC(COP(=O)([O-])OCC[N+](C)(C)C)C(O)CCCCCCCCCCCCCCCC. The van der Waals surface area contributed by atoms with Crippen LogP contribution < -0.4 is 10.2 Å². The van der Waals surface area contributed by atoms with E-state index in [1.54, 1.807) is 0 Å². The third kappa shape index (κ3) is 60.5. The number of unbranched alkanes of at least 4 members (excludes halogenated alkanes) is 45. The molecule has 3 unspecified atom stereocenters. The topological polar surface area (TPSA) is 108 Å². The lowest BCUT2D eigenvalue weighted by atomic mass is 10.0. The molecular weight excluding hydrogens is 948 g/mol. The van der Waals surface area contributed by atoms with Crippen molar-refractivity contribution >= 4 is 13.7 Å². The Hall–Kier alpha value is -1.02. The summed E-state index contributed by atoms with van der Waals surface area (Å²) in [6.45, 7) is 4.76. The molecule has 9 heteroatoms. The zero-order chi connectivity index (χ0) is 54.9. The van der Waals surface area contributed by atoms with Gasteiger partial charge in [0.25, 0.3) is 7.82 Å². The van der Waals surface area contributed by atoms with E-state index in [1.807, 2.05) is 21.1 Å². The van der Waals surface area contributed by atoms with Crippen LogP contribution in [-0.2, 0) is 18.4 Å². The Labute approximate surface area is 468 Å². The smallest absolute Gasteiger partial charge is 0.268 e. The second-order valence-corrected chi connectivity index (χ2v) is 25.6. The summed E-state index contributed by atoms with van der Waals surface area (Å²) in [5.74, 6) is -0.160. The zero-order valence-electron chi connectivity index (χ0n) is 51.0. The molecule has 0 saturated heterocycles. The van der Waals surface area contributed by atoms with Crippen LogP contribution in [0.1, 0.15) is 341 Å². The molecule has 0 bridgehead atoms. The van der Waals surface area contributed by atoms with Crippen molar-refractivity contribution < 1.29 is 32.9 Å². The standard InChI is InChI=1S/C66H131N2O6P/c1-6-8-10-12-14-16-18-20-22-23-24-25-26-27-28-29-30-31-32-33-34-35-36-37-38-39-40-41-42-43-44-45-46-48-50-52-54-56-58-60-66(70)67-64(63-74-75(71,72)73-62-61-68(3,4)5)65(69)59-57-55-53-51-49-47-21-19-17-15-13-11-9-7-2/h30-31,33-34,64-65,69H,6-29,32,35-63H2,1-5H3,(H-,67,70,71,72)/b31-30-,34-33-. The second-order valence-electron chi connectivity index (χ2n) is 24.2. The van der Waals surface area contributed by atoms with Gasteiger partial charge in [-0.2, -0.15) is 0 Å². The van der Waals surface area contributed by atoms with E-state index in [2.05, 4.69) is 43.5 Å². The van der Waals surface area contributed by atoms with Gasteiger partial charge in [-0.15, -0.1) is 0 Å². The fourth-order valence-electron chi connectivity index (χ4n) is 10.3. The zero-order valence-corrected chi connectivity index (χ0v) is 51.9. The fourth-order valence-corrected chi connectivity index (χ4v) is 11.0. The number of carbonyl (C=O) groups excluding carboxylic acids is 1. The third-order valence-corrected chi connectivity index (χ3v) is 16.4. The molecule has 8 nitrogen and oxygen atoms in total. The highest BCUT2D eigenvalue weighted by molar-refractivity contribution is 7.45. The molecule has 75 heavy (non-hydrogen) atoms. The summed E-state index contributed by atoms with van der Waals surface area (Å²) in [5, 5.41) is 14.0. The summed E-state index contributed by atoms with van der Waals surface area (Å²) < 4.78 is 23.4. The molecule has 0 aliphatic heterocycles. The number of phosphoric acid groups is 1. The molecule has 0 spiro atoms. The van der Waals surface area contributed by atoms with Crippen LogP contribution >= 0.6 is 7.82 Å². The van der Waals surface area contributed by atoms with Crippen LogP contribution in [0.4, 0.5) is 0 Å². The average Bonchev–Trinajstić information content (AvgIpc) is 3.37. The van der Waals surface area contributed by atoms with Crippen LogP contribution in [0.3, 0.4) is 0 Å². The summed E-state index contributed by atoms with van der Waals surface area (Å²) in [6.07, 6.45) is 74.0. The fraction of sp³-hybridized carbons (Fsp3) is 0.924. The van der Waals surface area contributed by atoms with Gasteiger partial charge in [0.05, 0.1) is 39.9 Å². The number of nitrogens with one attached hydrogen (secondary N) is 1. The van der Waals surface area contributed by atoms with E-state index >= 15 is 0 Å². The van der Waals surface area contributed by atoms with E-state index in [1.165, 1.54) is 270 Å². The third-order valence-electron chi connectivity index (χ3n) is 15.4. The minimum Gasteiger partial charge on any atom is -0.756 e. The first-order valence-corrected chi connectivity index (χ1v) is 34.6. The molecule has 3 atom stereocenters. The quantitative estimate of drug-likeness (QED) is 0.0272. The number of aliphatic hydroxyl groups excluding tert-OH is 1. The van der Waals surface area contributed by atoms with Gasteiger partial charge in [0.1, 0.15) is 13.2 Å². The lowest BCUT2D eigenvalue weighted by Crippen LogP contribution is -2.46. The Morgan fingerprint density at radius 3 is 1.11 bits per heavy atom. The molecule has 0 aliphatic carbocycles. The number of hydrogen-bond acceptors (Lipinski definition) is 6. The van der Waals surface area contributed by atoms with E-state index in [9.17, 15) is 19.4 Å². The van der Waals surface area contributed by atoms with Gasteiger partial charge < -0.3 is 28.8 Å². The number of nitrogens with zero attached hydrogens (tertiary/aromatic N) is 1. The minimum atomic E-state index is -4.57. The molecule has 2 N–H and O–H groups in total. The largest absolute Gasteiger partial charge is 0.756 e. The van der Waals surface area contributed by atoms with Crippen molar-refractivity contribution in [1.82, 2.24) is 5.32 Å². The molecule has 0 rings (SSSR count). The maximum atomic E-state index is 13.0. The molecule has 0 aromatic carbocycles. The number of carbonyl (C=O) groups is 1. The minimum absolute atomic E-state index is 0.0143. The van der Waals surface area contributed by atoms with Crippen molar-refractivity contribution in [3.63, 3.8) is 0 Å². The van der Waals surface area contributed by atoms with Crippen molar-refractivity contribution in [2.24, 2.45) is 0 Å². The summed E-state index contributed by atoms with van der Waals surface area (Å²) in [4.78, 5) is 25.5. The molecule has 0 saturated carbocycles. The number of allylic oxidation sites excluding steroid dienone is 4. The van der Waals surface area contributed by atoms with Crippen molar-refractivity contribution in [1.29, 1.82) is 0 Å². The first-order valence-electron chi connectivity index (χ1n) is 33.2. The van der Waals surface area contributed by atoms with Gasteiger partial charge in [0, 0.05) is 6.42 Å². The molecular formula is C66H131N2O6P. The van der Waals surface area contributed by atoms with Gasteiger partial charge >= 0.3 is 0 Å². The van der Waals surface area contributed by atoms with Gasteiger partial charge in [-0.1, -0.05) is 314 Å². The number of likely N-dealkylation sites (N-methyl/N-ethyl adjacent to an activating group) is 1. The molecule has 0 radical (unpaired) electrons. The van der Waals surface area contributed by atoms with Crippen LogP contribution in [0.25, 0.3) is 0 Å². The lowest BCUT2D eigenvalue weighted by molar-refractivity contribution is -0.870. The first kappa shape index (κ1) is 74.0. The second kappa shape index (κ2) is 57.7. The number of quaternary nitrogens is 1. The van der Waals surface area contributed by atoms with Crippen molar-refractivity contribution in [2.75, 3.05) is 40.9 Å². The summed E-state index contributed by atoms with van der Waals surface area (Å²) >= 11 is 0. The summed E-state index contributed by atoms with van der Waals surface area (Å²) in [6, 6.07) is -0.798. The van der Waals surface area contributed by atoms with Crippen molar-refractivity contribution in [3.8, 4) is 0 Å². The van der Waals surface area contributed by atoms with Crippen molar-refractivity contribution in [3.05, 3.63) is 24.3 Å². The van der Waals surface area contributed by atoms with E-state index in [0.29, 0.717) is 23.9 Å². The monoisotopic (exact) mass is 1080 g/mol. The average molecular weight is 1080 g/mol. The van der Waals surface area contributed by atoms with Gasteiger partial charge in [0.15, 0.2) is 0 Å². The van der Waals surface area contributed by atoms with Gasteiger partial charge in [0.2, 0.25) is 5.91 Å². The highest BCUT2D eigenvalue weighted by atomic mass is 31.2. The van der Waals surface area contributed by atoms with E-state index < -0.39 is 20.0 Å². The van der Waals surface area contributed by atoms with Crippen LogP contribution in [0.15, 0.2) is 24.3 Å². The number of amides is 1.